The highest BCUT2D eigenvalue weighted by Crippen LogP contribution is 2.32. The van der Waals surface area contributed by atoms with Gasteiger partial charge in [0.05, 0.1) is 14.2 Å². The molecule has 0 bridgehead atoms. The van der Waals surface area contributed by atoms with Gasteiger partial charge in [0.1, 0.15) is 12.3 Å². The maximum absolute atomic E-state index is 11.8. The van der Waals surface area contributed by atoms with Gasteiger partial charge in [0.15, 0.2) is 0 Å². The van der Waals surface area contributed by atoms with Gasteiger partial charge >= 0.3 is 11.9 Å². The van der Waals surface area contributed by atoms with Crippen molar-refractivity contribution in [2.24, 2.45) is 4.99 Å². The van der Waals surface area contributed by atoms with Crippen LogP contribution in [0.2, 0.25) is 0 Å². The zero-order valence-corrected chi connectivity index (χ0v) is 10.5. The highest BCUT2D eigenvalue weighted by atomic mass is 16.7. The summed E-state index contributed by atoms with van der Waals surface area (Å²) in [6.45, 7) is 0.665. The fourth-order valence-electron chi connectivity index (χ4n) is 2.07. The Labute approximate surface area is 105 Å². The van der Waals surface area contributed by atoms with Crippen LogP contribution in [0.4, 0.5) is 0 Å². The van der Waals surface area contributed by atoms with Crippen molar-refractivity contribution in [1.29, 1.82) is 0 Å². The molecule has 7 nitrogen and oxygen atoms in total. The molecule has 0 aromatic heterocycles. The Bertz CT molecular complexity index is 395. The van der Waals surface area contributed by atoms with Gasteiger partial charge in [-0.2, -0.15) is 0 Å². The van der Waals surface area contributed by atoms with Crippen molar-refractivity contribution >= 4 is 17.8 Å². The van der Waals surface area contributed by atoms with Gasteiger partial charge in [-0.05, 0) is 12.8 Å². The van der Waals surface area contributed by atoms with Crippen LogP contribution in [0, 0.1) is 0 Å². The molecule has 0 aliphatic carbocycles. The molecule has 0 aromatic carbocycles. The summed E-state index contributed by atoms with van der Waals surface area (Å²) in [6, 6.07) is 0. The molecule has 2 aliphatic heterocycles. The first-order valence-corrected chi connectivity index (χ1v) is 5.82. The number of nitrogens with zero attached hydrogens (tertiary/aromatic N) is 2. The first-order valence-electron chi connectivity index (χ1n) is 5.82. The normalized spacial score (nSPS) is 26.3. The Kier molecular flexibility index (Phi) is 3.51. The third kappa shape index (κ3) is 2.17. The van der Waals surface area contributed by atoms with Crippen molar-refractivity contribution in [3.63, 3.8) is 0 Å². The number of rotatable bonds is 3. The van der Waals surface area contributed by atoms with Crippen molar-refractivity contribution in [2.75, 3.05) is 20.8 Å². The average molecular weight is 256 g/mol. The van der Waals surface area contributed by atoms with Crippen LogP contribution in [-0.4, -0.2) is 49.3 Å². The topological polar surface area (TPSA) is 77.4 Å². The molecule has 0 aromatic rings. The third-order valence-corrected chi connectivity index (χ3v) is 2.99. The smallest absolute Gasteiger partial charge is 0.364 e. The number of esters is 2. The van der Waals surface area contributed by atoms with Crippen molar-refractivity contribution in [1.82, 2.24) is 5.06 Å². The quantitative estimate of drug-likeness (QED) is 0.673. The summed E-state index contributed by atoms with van der Waals surface area (Å²) in [5.41, 5.74) is -1.61. The van der Waals surface area contributed by atoms with Crippen LogP contribution in [0.25, 0.3) is 0 Å². The molecule has 7 heteroatoms. The van der Waals surface area contributed by atoms with Crippen molar-refractivity contribution in [2.45, 2.75) is 31.4 Å². The zero-order chi connectivity index (χ0) is 13.2. The predicted octanol–water partition coefficient (Wildman–Crippen LogP) is 0.248. The summed E-state index contributed by atoms with van der Waals surface area (Å²) in [6.07, 6.45) is 2.42. The number of ether oxygens (including phenoxy) is 2. The fourth-order valence-corrected chi connectivity index (χ4v) is 2.07. The average Bonchev–Trinajstić information content (AvgIpc) is 2.76. The second-order valence-electron chi connectivity index (χ2n) is 4.21. The summed E-state index contributed by atoms with van der Waals surface area (Å²) in [5.74, 6) is -0.560. The van der Waals surface area contributed by atoms with E-state index >= 15 is 0 Å². The van der Waals surface area contributed by atoms with Gasteiger partial charge in [-0.1, -0.05) is 0 Å². The van der Waals surface area contributed by atoms with E-state index < -0.39 is 17.7 Å². The summed E-state index contributed by atoms with van der Waals surface area (Å²) < 4.78 is 9.25. The first kappa shape index (κ1) is 12.8. The van der Waals surface area contributed by atoms with Crippen LogP contribution < -0.4 is 0 Å². The number of hydroxylamine groups is 2. The first-order chi connectivity index (χ1) is 8.61. The molecule has 1 atom stereocenters. The molecule has 18 heavy (non-hydrogen) atoms. The van der Waals surface area contributed by atoms with Gasteiger partial charge in [0.2, 0.25) is 0 Å². The predicted molar refractivity (Wildman–Crippen MR) is 60.5 cm³/mol. The van der Waals surface area contributed by atoms with Crippen molar-refractivity contribution in [3.05, 3.63) is 0 Å². The number of hydrogen-bond acceptors (Lipinski definition) is 7. The van der Waals surface area contributed by atoms with E-state index in [2.05, 4.69) is 14.5 Å². The Hall–Kier alpha value is -1.63. The second-order valence-corrected chi connectivity index (χ2v) is 4.21. The lowest BCUT2D eigenvalue weighted by Gasteiger charge is -2.26. The number of fused-ring (bicyclic) bond motifs is 1. The maximum Gasteiger partial charge on any atom is 0.364 e. The van der Waals surface area contributed by atoms with Gasteiger partial charge < -0.3 is 9.47 Å². The molecule has 1 saturated heterocycles. The number of methoxy groups -OCH3 is 2. The minimum Gasteiger partial charge on any atom is -0.469 e. The van der Waals surface area contributed by atoms with E-state index in [1.807, 2.05) is 0 Å². The van der Waals surface area contributed by atoms with Crippen LogP contribution in [0.1, 0.15) is 25.7 Å². The molecular weight excluding hydrogens is 240 g/mol. The number of carbonyl (C=O) groups excluding carboxylic acids is 2. The van der Waals surface area contributed by atoms with E-state index in [-0.39, 0.29) is 6.42 Å². The molecule has 0 N–H and O–H groups in total. The van der Waals surface area contributed by atoms with Gasteiger partial charge in [0, 0.05) is 13.0 Å². The fraction of sp³-hybridized carbons (Fsp3) is 0.727. The Balaban J connectivity index is 2.24. The summed E-state index contributed by atoms with van der Waals surface area (Å²) in [4.78, 5) is 33.0. The number of hydrogen-bond donors (Lipinski definition) is 0. The van der Waals surface area contributed by atoms with Crippen LogP contribution in [0.3, 0.4) is 0 Å². The minimum absolute atomic E-state index is 0.282. The van der Waals surface area contributed by atoms with E-state index in [0.717, 1.165) is 19.3 Å². The largest absolute Gasteiger partial charge is 0.469 e. The standard InChI is InChI=1S/C11H16N2O5/c1-16-9(14)7-11(10(15)17-2)12-8-5-3-4-6-13(8)18-11/h3-7H2,1-2H3. The lowest BCUT2D eigenvalue weighted by atomic mass is 10.1. The highest BCUT2D eigenvalue weighted by Gasteiger charge is 2.51. The molecule has 2 aliphatic rings. The Morgan fingerprint density at radius 2 is 2.17 bits per heavy atom. The van der Waals surface area contributed by atoms with Gasteiger partial charge in [-0.15, -0.1) is 0 Å². The molecule has 0 amide bonds. The van der Waals surface area contributed by atoms with Crippen LogP contribution in [0.15, 0.2) is 4.99 Å². The van der Waals surface area contributed by atoms with E-state index in [4.69, 9.17) is 4.84 Å². The van der Waals surface area contributed by atoms with Crippen molar-refractivity contribution < 1.29 is 23.9 Å². The summed E-state index contributed by atoms with van der Waals surface area (Å²) in [5, 5.41) is 1.57. The molecule has 0 spiro atoms. The molecule has 1 unspecified atom stereocenters. The van der Waals surface area contributed by atoms with Gasteiger partial charge in [-0.25, -0.2) is 19.7 Å². The Morgan fingerprint density at radius 3 is 2.78 bits per heavy atom. The van der Waals surface area contributed by atoms with Crippen LogP contribution >= 0.6 is 0 Å². The Morgan fingerprint density at radius 1 is 1.39 bits per heavy atom. The molecule has 0 saturated carbocycles. The molecule has 2 rings (SSSR count). The molecular formula is C11H16N2O5. The molecule has 0 radical (unpaired) electrons. The van der Waals surface area contributed by atoms with Crippen LogP contribution in [-0.2, 0) is 23.9 Å². The molecule has 2 heterocycles. The highest BCUT2D eigenvalue weighted by molar-refractivity contribution is 5.92. The minimum atomic E-state index is -1.61. The van der Waals surface area contributed by atoms with E-state index in [0.29, 0.717) is 12.4 Å². The number of aliphatic imine (C=N–C) groups is 1. The van der Waals surface area contributed by atoms with Gasteiger partial charge in [0.25, 0.3) is 5.72 Å². The van der Waals surface area contributed by atoms with Crippen LogP contribution in [0.5, 0.6) is 0 Å². The lowest BCUT2D eigenvalue weighted by molar-refractivity contribution is -0.212. The number of piperidine rings is 1. The zero-order valence-electron chi connectivity index (χ0n) is 10.5. The summed E-state index contributed by atoms with van der Waals surface area (Å²) in [7, 11) is 2.49. The molecule has 100 valence electrons. The molecule has 1 fully saturated rings. The second kappa shape index (κ2) is 4.93. The van der Waals surface area contributed by atoms with Crippen molar-refractivity contribution in [3.8, 4) is 0 Å². The van der Waals surface area contributed by atoms with E-state index in [1.165, 1.54) is 14.2 Å². The summed E-state index contributed by atoms with van der Waals surface area (Å²) >= 11 is 0. The number of amidine groups is 1. The maximum atomic E-state index is 11.8. The monoisotopic (exact) mass is 256 g/mol. The third-order valence-electron chi connectivity index (χ3n) is 2.99. The number of carbonyl (C=O) groups is 2. The SMILES string of the molecule is COC(=O)CC1(C(=O)OC)N=C2CCCCN2O1. The lowest BCUT2D eigenvalue weighted by Crippen LogP contribution is -2.43. The van der Waals surface area contributed by atoms with E-state index in [9.17, 15) is 9.59 Å². The van der Waals surface area contributed by atoms with E-state index in [1.54, 1.807) is 5.06 Å². The van der Waals surface area contributed by atoms with Gasteiger partial charge in [-0.3, -0.25) is 4.79 Å².